The van der Waals surface area contributed by atoms with Gasteiger partial charge in [0.1, 0.15) is 0 Å². The SMILES string of the molecule is CCC(CC)C1=C(c2ccccc2)C(CC)(CC)c2cc(NC(=O)c3ccccc3)ccc21. The quantitative estimate of drug-likeness (QED) is 0.377. The van der Waals surface area contributed by atoms with Gasteiger partial charge in [-0.3, -0.25) is 4.79 Å². The van der Waals surface area contributed by atoms with Gasteiger partial charge >= 0.3 is 0 Å². The molecule has 4 rings (SSSR count). The smallest absolute Gasteiger partial charge is 0.255 e. The fraction of sp³-hybridized carbons (Fsp3) is 0.323. The molecule has 3 aromatic carbocycles. The molecule has 3 aromatic rings. The van der Waals surface area contributed by atoms with E-state index in [9.17, 15) is 4.79 Å². The molecular weight excluding hydrogens is 402 g/mol. The maximum absolute atomic E-state index is 12.8. The maximum atomic E-state index is 12.8. The van der Waals surface area contributed by atoms with Gasteiger partial charge in [0.2, 0.25) is 0 Å². The van der Waals surface area contributed by atoms with Crippen molar-refractivity contribution in [3.05, 3.63) is 101 Å². The summed E-state index contributed by atoms with van der Waals surface area (Å²) < 4.78 is 0. The van der Waals surface area contributed by atoms with Crippen LogP contribution in [0.3, 0.4) is 0 Å². The van der Waals surface area contributed by atoms with Gasteiger partial charge < -0.3 is 5.32 Å². The first kappa shape index (κ1) is 23.0. The van der Waals surface area contributed by atoms with E-state index >= 15 is 0 Å². The third-order valence-electron chi connectivity index (χ3n) is 7.53. The van der Waals surface area contributed by atoms with Crippen LogP contribution < -0.4 is 5.32 Å². The molecule has 2 nitrogen and oxygen atoms in total. The Morgan fingerprint density at radius 2 is 1.42 bits per heavy atom. The minimum Gasteiger partial charge on any atom is -0.322 e. The highest BCUT2D eigenvalue weighted by atomic mass is 16.1. The lowest BCUT2D eigenvalue weighted by Crippen LogP contribution is -2.24. The topological polar surface area (TPSA) is 29.1 Å². The van der Waals surface area contributed by atoms with Gasteiger partial charge in [0.25, 0.3) is 5.91 Å². The van der Waals surface area contributed by atoms with Crippen LogP contribution in [-0.4, -0.2) is 5.91 Å². The molecule has 1 aliphatic carbocycles. The van der Waals surface area contributed by atoms with Crippen molar-refractivity contribution in [1.29, 1.82) is 0 Å². The van der Waals surface area contributed by atoms with Gasteiger partial charge in [0.05, 0.1) is 0 Å². The molecule has 2 heteroatoms. The van der Waals surface area contributed by atoms with E-state index < -0.39 is 0 Å². The summed E-state index contributed by atoms with van der Waals surface area (Å²) in [5, 5.41) is 3.14. The van der Waals surface area contributed by atoms with Crippen LogP contribution in [0, 0.1) is 5.92 Å². The second-order valence-electron chi connectivity index (χ2n) is 9.04. The minimum absolute atomic E-state index is 0.0535. The molecule has 0 fully saturated rings. The standard InChI is InChI=1S/C31H35NO/c1-5-22(6-2)28-26-20-19-25(32-30(33)24-17-13-10-14-18-24)21-27(26)31(7-3,8-4)29(28)23-15-11-9-12-16-23/h9-22H,5-8H2,1-4H3,(H,32,33). The fourth-order valence-electron chi connectivity index (χ4n) is 5.71. The number of amides is 1. The zero-order valence-corrected chi connectivity index (χ0v) is 20.3. The Morgan fingerprint density at radius 1 is 0.818 bits per heavy atom. The van der Waals surface area contributed by atoms with Crippen molar-refractivity contribution in [1.82, 2.24) is 0 Å². The van der Waals surface area contributed by atoms with Gasteiger partial charge in [-0.15, -0.1) is 0 Å². The van der Waals surface area contributed by atoms with Crippen molar-refractivity contribution in [3.8, 4) is 0 Å². The Balaban J connectivity index is 1.86. The van der Waals surface area contributed by atoms with Crippen LogP contribution in [-0.2, 0) is 5.41 Å². The zero-order chi connectivity index (χ0) is 23.4. The molecule has 0 atom stereocenters. The molecule has 0 heterocycles. The number of fused-ring (bicyclic) bond motifs is 1. The fourth-order valence-corrected chi connectivity index (χ4v) is 5.71. The predicted octanol–water partition coefficient (Wildman–Crippen LogP) is 8.36. The molecule has 33 heavy (non-hydrogen) atoms. The number of rotatable bonds is 8. The van der Waals surface area contributed by atoms with Crippen molar-refractivity contribution in [3.63, 3.8) is 0 Å². The van der Waals surface area contributed by atoms with Crippen LogP contribution in [0.4, 0.5) is 5.69 Å². The Labute approximate surface area is 198 Å². The van der Waals surface area contributed by atoms with E-state index in [4.69, 9.17) is 0 Å². The Hall–Kier alpha value is -3.13. The zero-order valence-electron chi connectivity index (χ0n) is 20.3. The lowest BCUT2D eigenvalue weighted by atomic mass is 9.70. The number of benzene rings is 3. The number of anilines is 1. The second kappa shape index (κ2) is 9.79. The summed E-state index contributed by atoms with van der Waals surface area (Å²) in [6.45, 7) is 9.22. The summed E-state index contributed by atoms with van der Waals surface area (Å²) in [5.41, 5.74) is 8.54. The molecular formula is C31H35NO. The molecule has 0 unspecified atom stereocenters. The molecule has 0 aliphatic heterocycles. The first-order valence-corrected chi connectivity index (χ1v) is 12.4. The van der Waals surface area contributed by atoms with E-state index in [-0.39, 0.29) is 11.3 Å². The average Bonchev–Trinajstić information content (AvgIpc) is 3.16. The minimum atomic E-state index is -0.0661. The molecule has 0 saturated heterocycles. The Kier molecular flexibility index (Phi) is 6.83. The molecule has 0 aromatic heterocycles. The van der Waals surface area contributed by atoms with E-state index in [1.54, 1.807) is 0 Å². The Bertz CT molecular complexity index is 1140. The van der Waals surface area contributed by atoms with Gasteiger partial charge in [-0.1, -0.05) is 82.3 Å². The van der Waals surface area contributed by atoms with E-state index in [1.165, 1.54) is 27.8 Å². The van der Waals surface area contributed by atoms with E-state index in [2.05, 4.69) is 81.5 Å². The first-order valence-electron chi connectivity index (χ1n) is 12.4. The van der Waals surface area contributed by atoms with Crippen LogP contribution in [0.25, 0.3) is 11.1 Å². The first-order chi connectivity index (χ1) is 16.1. The largest absolute Gasteiger partial charge is 0.322 e. The number of allylic oxidation sites excluding steroid dienone is 2. The molecule has 170 valence electrons. The van der Waals surface area contributed by atoms with Gasteiger partial charge in [-0.05, 0) is 83.7 Å². The lowest BCUT2D eigenvalue weighted by molar-refractivity contribution is 0.102. The monoisotopic (exact) mass is 437 g/mol. The van der Waals surface area contributed by atoms with Gasteiger partial charge in [-0.2, -0.15) is 0 Å². The summed E-state index contributed by atoms with van der Waals surface area (Å²) in [5.74, 6) is 0.451. The summed E-state index contributed by atoms with van der Waals surface area (Å²) in [6, 6.07) is 26.9. The highest BCUT2D eigenvalue weighted by molar-refractivity contribution is 6.06. The van der Waals surface area contributed by atoms with Gasteiger partial charge in [-0.25, -0.2) is 0 Å². The van der Waals surface area contributed by atoms with Crippen LogP contribution in [0.15, 0.2) is 78.9 Å². The highest BCUT2D eigenvalue weighted by Gasteiger charge is 2.44. The van der Waals surface area contributed by atoms with Crippen molar-refractivity contribution >= 4 is 22.7 Å². The van der Waals surface area contributed by atoms with Crippen LogP contribution in [0.5, 0.6) is 0 Å². The van der Waals surface area contributed by atoms with Crippen molar-refractivity contribution in [2.24, 2.45) is 5.92 Å². The van der Waals surface area contributed by atoms with Crippen molar-refractivity contribution < 1.29 is 4.79 Å². The Morgan fingerprint density at radius 3 is 2.00 bits per heavy atom. The molecule has 0 saturated carbocycles. The number of carbonyl (C=O) groups is 1. The molecule has 0 bridgehead atoms. The molecule has 1 aliphatic rings. The van der Waals surface area contributed by atoms with Gasteiger partial charge in [0, 0.05) is 16.7 Å². The van der Waals surface area contributed by atoms with E-state index in [1.807, 2.05) is 30.3 Å². The second-order valence-corrected chi connectivity index (χ2v) is 9.04. The number of hydrogen-bond acceptors (Lipinski definition) is 1. The van der Waals surface area contributed by atoms with Crippen LogP contribution in [0.1, 0.15) is 80.4 Å². The highest BCUT2D eigenvalue weighted by Crippen LogP contribution is 2.57. The number of nitrogens with one attached hydrogen (secondary N) is 1. The van der Waals surface area contributed by atoms with E-state index in [0.717, 1.165) is 31.4 Å². The van der Waals surface area contributed by atoms with Crippen molar-refractivity contribution in [2.75, 3.05) is 5.32 Å². The summed E-state index contributed by atoms with van der Waals surface area (Å²) >= 11 is 0. The third kappa shape index (κ3) is 4.04. The normalized spacial score (nSPS) is 14.5. The predicted molar refractivity (Wildman–Crippen MR) is 140 cm³/mol. The molecule has 1 N–H and O–H groups in total. The maximum Gasteiger partial charge on any atom is 0.255 e. The van der Waals surface area contributed by atoms with Crippen LogP contribution in [0.2, 0.25) is 0 Å². The summed E-state index contributed by atoms with van der Waals surface area (Å²) in [7, 11) is 0. The van der Waals surface area contributed by atoms with E-state index in [0.29, 0.717) is 11.5 Å². The van der Waals surface area contributed by atoms with Gasteiger partial charge in [0.15, 0.2) is 0 Å². The number of hydrogen-bond donors (Lipinski definition) is 1. The molecule has 0 radical (unpaired) electrons. The third-order valence-corrected chi connectivity index (χ3v) is 7.53. The number of carbonyl (C=O) groups excluding carboxylic acids is 1. The molecule has 1 amide bonds. The summed E-state index contributed by atoms with van der Waals surface area (Å²) in [4.78, 5) is 12.8. The van der Waals surface area contributed by atoms with Crippen molar-refractivity contribution in [2.45, 2.75) is 58.8 Å². The average molecular weight is 438 g/mol. The summed E-state index contributed by atoms with van der Waals surface area (Å²) in [6.07, 6.45) is 4.30. The van der Waals surface area contributed by atoms with Crippen LogP contribution >= 0.6 is 0 Å². The lowest BCUT2D eigenvalue weighted by Gasteiger charge is -2.33. The molecule has 0 spiro atoms.